The largest absolute Gasteiger partial charge is 0.439 e. The lowest BCUT2D eigenvalue weighted by atomic mass is 9.98. The Hall–Kier alpha value is -4.42. The van der Waals surface area contributed by atoms with Crippen LogP contribution in [0.5, 0.6) is 11.6 Å². The van der Waals surface area contributed by atoms with Gasteiger partial charge < -0.3 is 14.2 Å². The van der Waals surface area contributed by atoms with E-state index in [2.05, 4.69) is 20.4 Å². The molecule has 0 spiro atoms. The molecular weight excluding hydrogens is 541 g/mol. The van der Waals surface area contributed by atoms with Crippen molar-refractivity contribution in [3.8, 4) is 11.6 Å². The molecule has 2 aliphatic rings. The molecule has 1 aromatic carbocycles. The van der Waals surface area contributed by atoms with Gasteiger partial charge in [-0.25, -0.2) is 14.8 Å². The Morgan fingerprint density at radius 3 is 2.66 bits per heavy atom. The summed E-state index contributed by atoms with van der Waals surface area (Å²) in [6.07, 6.45) is -1.08. The van der Waals surface area contributed by atoms with Gasteiger partial charge in [0.25, 0.3) is 0 Å². The van der Waals surface area contributed by atoms with Crippen molar-refractivity contribution in [2.45, 2.75) is 64.2 Å². The van der Waals surface area contributed by atoms with Crippen molar-refractivity contribution in [2.24, 2.45) is 5.92 Å². The van der Waals surface area contributed by atoms with Gasteiger partial charge in [0.1, 0.15) is 17.5 Å². The second-order valence-electron chi connectivity index (χ2n) is 10.9. The third-order valence-corrected chi connectivity index (χ3v) is 7.73. The first kappa shape index (κ1) is 26.8. The predicted octanol–water partition coefficient (Wildman–Crippen LogP) is 5.81. The molecule has 0 radical (unpaired) electrons. The molecule has 1 unspecified atom stereocenters. The average molecular weight is 569 g/mol. The standard InChI is InChI=1S/C28H27F3N6O4/c1-15(2)25(38)37-13-20-19(10-16(37)3)24(33-14-32-20)40-18-4-5-21-17(11-18)6-9-36(21)26(39)34-23-12-22(41-35-23)27(7-8-27)28(29,30)31/h4-6,9,11-12,14-16H,7-8,10,13H2,1-3H3,(H,34,35,39). The molecule has 41 heavy (non-hydrogen) atoms. The fourth-order valence-corrected chi connectivity index (χ4v) is 5.21. The molecule has 1 fully saturated rings. The highest BCUT2D eigenvalue weighted by molar-refractivity contribution is 5.98. The molecule has 0 saturated heterocycles. The summed E-state index contributed by atoms with van der Waals surface area (Å²) in [6.45, 7) is 6.11. The molecule has 3 aromatic heterocycles. The van der Waals surface area contributed by atoms with Crippen LogP contribution in [0.2, 0.25) is 0 Å². The van der Waals surface area contributed by atoms with Gasteiger partial charge in [-0.2, -0.15) is 13.2 Å². The molecule has 4 heterocycles. The molecule has 1 N–H and O–H groups in total. The van der Waals surface area contributed by atoms with Crippen molar-refractivity contribution >= 4 is 28.7 Å². The number of fused-ring (bicyclic) bond motifs is 2. The Balaban J connectivity index is 1.18. The van der Waals surface area contributed by atoms with Crippen LogP contribution in [0.15, 0.2) is 47.4 Å². The van der Waals surface area contributed by atoms with E-state index in [1.165, 1.54) is 17.1 Å². The summed E-state index contributed by atoms with van der Waals surface area (Å²) in [5, 5.41) is 6.80. The lowest BCUT2D eigenvalue weighted by Gasteiger charge is -2.35. The maximum atomic E-state index is 13.4. The van der Waals surface area contributed by atoms with Gasteiger partial charge in [0.2, 0.25) is 11.8 Å². The molecule has 2 amide bonds. The summed E-state index contributed by atoms with van der Waals surface area (Å²) in [7, 11) is 0. The zero-order chi connectivity index (χ0) is 29.1. The number of halogens is 3. The number of nitrogens with one attached hydrogen (secondary N) is 1. The third kappa shape index (κ3) is 4.68. The number of aromatic nitrogens is 4. The fourth-order valence-electron chi connectivity index (χ4n) is 5.21. The van der Waals surface area contributed by atoms with Crippen molar-refractivity contribution in [3.63, 3.8) is 0 Å². The minimum absolute atomic E-state index is 0.0372. The lowest BCUT2D eigenvalue weighted by molar-refractivity contribution is -0.165. The minimum Gasteiger partial charge on any atom is -0.439 e. The van der Waals surface area contributed by atoms with Crippen molar-refractivity contribution in [2.75, 3.05) is 5.32 Å². The van der Waals surface area contributed by atoms with Crippen LogP contribution >= 0.6 is 0 Å². The second kappa shape index (κ2) is 9.60. The van der Waals surface area contributed by atoms with Crippen molar-refractivity contribution < 1.29 is 32.0 Å². The highest BCUT2D eigenvalue weighted by Crippen LogP contribution is 2.59. The average Bonchev–Trinajstić information content (AvgIpc) is 3.45. The summed E-state index contributed by atoms with van der Waals surface area (Å²) in [6, 6.07) is 7.33. The van der Waals surface area contributed by atoms with Crippen LogP contribution in [0.25, 0.3) is 10.9 Å². The van der Waals surface area contributed by atoms with Crippen molar-refractivity contribution in [3.05, 3.63) is 59.9 Å². The quantitative estimate of drug-likeness (QED) is 0.323. The number of carbonyl (C=O) groups excluding carboxylic acids is 2. The highest BCUT2D eigenvalue weighted by atomic mass is 19.4. The number of rotatable bonds is 5. The number of ether oxygens (including phenoxy) is 1. The molecule has 6 rings (SSSR count). The van der Waals surface area contributed by atoms with Gasteiger partial charge in [0, 0.05) is 35.2 Å². The number of benzene rings is 1. The van der Waals surface area contributed by atoms with E-state index in [9.17, 15) is 22.8 Å². The first-order valence-corrected chi connectivity index (χ1v) is 13.2. The van der Waals surface area contributed by atoms with Gasteiger partial charge in [-0.1, -0.05) is 19.0 Å². The first-order chi connectivity index (χ1) is 19.5. The number of nitrogens with zero attached hydrogens (tertiary/aromatic N) is 5. The Morgan fingerprint density at radius 1 is 1.17 bits per heavy atom. The van der Waals surface area contributed by atoms with Crippen LogP contribution in [0.4, 0.5) is 23.8 Å². The third-order valence-electron chi connectivity index (χ3n) is 7.73. The lowest BCUT2D eigenvalue weighted by Crippen LogP contribution is -2.44. The first-order valence-electron chi connectivity index (χ1n) is 13.2. The van der Waals surface area contributed by atoms with Crippen LogP contribution < -0.4 is 10.1 Å². The van der Waals surface area contributed by atoms with Gasteiger partial charge >= 0.3 is 12.2 Å². The summed E-state index contributed by atoms with van der Waals surface area (Å²) in [4.78, 5) is 36.1. The van der Waals surface area contributed by atoms with Crippen LogP contribution in [0.1, 0.15) is 50.6 Å². The maximum absolute atomic E-state index is 13.4. The van der Waals surface area contributed by atoms with Gasteiger partial charge in [0.15, 0.2) is 11.6 Å². The van der Waals surface area contributed by atoms with E-state index in [4.69, 9.17) is 9.26 Å². The van der Waals surface area contributed by atoms with E-state index >= 15 is 0 Å². The number of anilines is 1. The van der Waals surface area contributed by atoms with Crippen LogP contribution in [0, 0.1) is 5.92 Å². The Kier molecular flexibility index (Phi) is 6.27. The second-order valence-corrected chi connectivity index (χ2v) is 10.9. The summed E-state index contributed by atoms with van der Waals surface area (Å²) < 4.78 is 52.5. The van der Waals surface area contributed by atoms with Gasteiger partial charge in [-0.15, -0.1) is 0 Å². The van der Waals surface area contributed by atoms with Gasteiger partial charge in [-0.3, -0.25) is 14.7 Å². The number of carbonyl (C=O) groups is 2. The molecular formula is C28H27F3N6O4. The minimum atomic E-state index is -4.44. The topological polar surface area (TPSA) is 115 Å². The Bertz CT molecular complexity index is 1660. The normalized spacial score (nSPS) is 17.9. The van der Waals surface area contributed by atoms with Crippen molar-refractivity contribution in [1.82, 2.24) is 24.6 Å². The van der Waals surface area contributed by atoms with Crippen LogP contribution in [0.3, 0.4) is 0 Å². The van der Waals surface area contributed by atoms with Crippen molar-refractivity contribution in [1.29, 1.82) is 0 Å². The van der Waals surface area contributed by atoms with Crippen LogP contribution in [-0.4, -0.2) is 48.7 Å². The molecule has 1 saturated carbocycles. The summed E-state index contributed by atoms with van der Waals surface area (Å²) >= 11 is 0. The molecule has 1 aliphatic carbocycles. The van der Waals surface area contributed by atoms with Crippen LogP contribution in [-0.2, 0) is 23.2 Å². The molecule has 13 heteroatoms. The number of amides is 2. The van der Waals surface area contributed by atoms with E-state index in [-0.39, 0.29) is 42.3 Å². The highest BCUT2D eigenvalue weighted by Gasteiger charge is 2.67. The van der Waals surface area contributed by atoms with Gasteiger partial charge in [0.05, 0.1) is 17.8 Å². The number of hydrogen-bond acceptors (Lipinski definition) is 7. The monoisotopic (exact) mass is 568 g/mol. The van der Waals surface area contributed by atoms with E-state index in [0.717, 1.165) is 17.3 Å². The summed E-state index contributed by atoms with van der Waals surface area (Å²) in [5.74, 6) is 0.450. The zero-order valence-corrected chi connectivity index (χ0v) is 22.5. The molecule has 1 atom stereocenters. The number of alkyl halides is 3. The van der Waals surface area contributed by atoms with E-state index in [1.807, 2.05) is 25.7 Å². The molecule has 214 valence electrons. The fraction of sp³-hybridized carbons (Fsp3) is 0.393. The smallest absolute Gasteiger partial charge is 0.401 e. The Morgan fingerprint density at radius 2 is 1.95 bits per heavy atom. The molecule has 1 aliphatic heterocycles. The maximum Gasteiger partial charge on any atom is 0.401 e. The molecule has 0 bridgehead atoms. The molecule has 10 nitrogen and oxygen atoms in total. The zero-order valence-electron chi connectivity index (χ0n) is 22.5. The predicted molar refractivity (Wildman–Crippen MR) is 140 cm³/mol. The Labute approximate surface area is 232 Å². The summed E-state index contributed by atoms with van der Waals surface area (Å²) in [5.41, 5.74) is 0.111. The number of hydrogen-bond donors (Lipinski definition) is 1. The van der Waals surface area contributed by atoms with Gasteiger partial charge in [-0.05, 0) is 50.5 Å². The SMILES string of the molecule is CC(C)C(=O)N1Cc2ncnc(Oc3ccc4c(ccn4C(=O)Nc4cc(C5(C(F)(F)F)CC5)on4)c3)c2CC1C. The van der Waals surface area contributed by atoms with E-state index < -0.39 is 17.6 Å². The van der Waals surface area contributed by atoms with E-state index in [1.54, 1.807) is 24.3 Å². The molecule has 4 aromatic rings. The van der Waals surface area contributed by atoms with E-state index in [0.29, 0.717) is 35.5 Å².